The summed E-state index contributed by atoms with van der Waals surface area (Å²) in [7, 11) is 0. The van der Waals surface area contributed by atoms with Crippen LogP contribution < -0.4 is 5.32 Å². The van der Waals surface area contributed by atoms with Gasteiger partial charge in [0.2, 0.25) is 11.7 Å². The van der Waals surface area contributed by atoms with Crippen molar-refractivity contribution < 1.29 is 23.2 Å². The van der Waals surface area contributed by atoms with Gasteiger partial charge in [0.25, 0.3) is 5.91 Å². The van der Waals surface area contributed by atoms with Gasteiger partial charge < -0.3 is 14.6 Å². The second-order valence-corrected chi connectivity index (χ2v) is 7.02. The molecular weight excluding hydrogens is 385 g/mol. The molecule has 146 valence electrons. The minimum atomic E-state index is -1.03. The third kappa shape index (κ3) is 5.01. The minimum absolute atomic E-state index is 0.0111. The molecule has 0 unspecified atom stereocenters. The topological polar surface area (TPSA) is 94.3 Å². The average molecular weight is 403 g/mol. The molecule has 0 saturated heterocycles. The van der Waals surface area contributed by atoms with Crippen LogP contribution in [-0.4, -0.2) is 28.1 Å². The highest BCUT2D eigenvalue weighted by molar-refractivity contribution is 7.13. The highest BCUT2D eigenvalue weighted by Gasteiger charge is 2.19. The van der Waals surface area contributed by atoms with E-state index in [1.54, 1.807) is 19.1 Å². The van der Waals surface area contributed by atoms with E-state index in [1.807, 2.05) is 17.5 Å². The van der Waals surface area contributed by atoms with Crippen molar-refractivity contribution in [1.29, 1.82) is 0 Å². The summed E-state index contributed by atoms with van der Waals surface area (Å²) in [4.78, 5) is 29.2. The molecule has 0 fully saturated rings. The van der Waals surface area contributed by atoms with E-state index in [-0.39, 0.29) is 12.8 Å². The minimum Gasteiger partial charge on any atom is -0.453 e. The summed E-state index contributed by atoms with van der Waals surface area (Å²) in [6.07, 6.45) is -0.835. The van der Waals surface area contributed by atoms with Crippen molar-refractivity contribution in [2.75, 3.05) is 5.32 Å². The highest BCUT2D eigenvalue weighted by Crippen LogP contribution is 2.21. The molecule has 1 amide bonds. The molecule has 0 aliphatic rings. The zero-order valence-corrected chi connectivity index (χ0v) is 16.1. The third-order valence-corrected chi connectivity index (χ3v) is 4.74. The Morgan fingerprint density at radius 2 is 2.18 bits per heavy atom. The van der Waals surface area contributed by atoms with Gasteiger partial charge in [-0.2, -0.15) is 4.98 Å². The van der Waals surface area contributed by atoms with E-state index in [1.165, 1.54) is 24.3 Å². The van der Waals surface area contributed by atoms with Crippen molar-refractivity contribution in [2.24, 2.45) is 0 Å². The number of nitrogens with one attached hydrogen (secondary N) is 1. The summed E-state index contributed by atoms with van der Waals surface area (Å²) in [5, 5.41) is 8.28. The zero-order chi connectivity index (χ0) is 20.1. The first kappa shape index (κ1) is 19.7. The number of anilines is 1. The Hall–Kier alpha value is -3.07. The summed E-state index contributed by atoms with van der Waals surface area (Å²) in [5.41, 5.74) is 0.767. The molecule has 0 spiro atoms. The number of benzene rings is 1. The summed E-state index contributed by atoms with van der Waals surface area (Å²) in [6.45, 7) is 3.07. The number of hydrogen-bond acceptors (Lipinski definition) is 7. The molecule has 0 aliphatic carbocycles. The van der Waals surface area contributed by atoms with Crippen molar-refractivity contribution >= 4 is 28.9 Å². The van der Waals surface area contributed by atoms with E-state index >= 15 is 0 Å². The summed E-state index contributed by atoms with van der Waals surface area (Å²) < 4.78 is 23.8. The maximum Gasteiger partial charge on any atom is 0.307 e. The summed E-state index contributed by atoms with van der Waals surface area (Å²) >= 11 is 1.48. The number of aromatic nitrogens is 2. The van der Waals surface area contributed by atoms with E-state index in [0.29, 0.717) is 23.0 Å². The molecule has 0 bridgehead atoms. The normalized spacial score (nSPS) is 11.8. The molecule has 28 heavy (non-hydrogen) atoms. The van der Waals surface area contributed by atoms with Crippen LogP contribution in [-0.2, 0) is 20.7 Å². The number of ether oxygens (including phenoxy) is 1. The zero-order valence-electron chi connectivity index (χ0n) is 15.3. The lowest BCUT2D eigenvalue weighted by molar-refractivity contribution is -0.153. The molecule has 1 atom stereocenters. The second-order valence-electron chi connectivity index (χ2n) is 6.07. The number of nitrogens with zero attached hydrogens (tertiary/aromatic N) is 2. The van der Waals surface area contributed by atoms with E-state index in [9.17, 15) is 14.0 Å². The quantitative estimate of drug-likeness (QED) is 0.604. The van der Waals surface area contributed by atoms with Gasteiger partial charge in [0.1, 0.15) is 5.82 Å². The molecule has 2 heterocycles. The van der Waals surface area contributed by atoms with Crippen LogP contribution >= 0.6 is 11.3 Å². The number of esters is 1. The Morgan fingerprint density at radius 3 is 2.89 bits per heavy atom. The van der Waals surface area contributed by atoms with Crippen LogP contribution in [0.3, 0.4) is 0 Å². The Balaban J connectivity index is 1.47. The maximum absolute atomic E-state index is 13.5. The van der Waals surface area contributed by atoms with Crippen molar-refractivity contribution in [3.05, 3.63) is 53.0 Å². The van der Waals surface area contributed by atoms with Gasteiger partial charge in [-0.1, -0.05) is 17.3 Å². The van der Waals surface area contributed by atoms with Gasteiger partial charge in [-0.25, -0.2) is 4.39 Å². The second kappa shape index (κ2) is 8.75. The predicted octanol–water partition coefficient (Wildman–Crippen LogP) is 3.75. The monoisotopic (exact) mass is 403 g/mol. The Bertz CT molecular complexity index is 971. The molecule has 0 aliphatic heterocycles. The van der Waals surface area contributed by atoms with Crippen LogP contribution in [0.1, 0.15) is 24.8 Å². The molecule has 3 rings (SSSR count). The number of carbonyl (C=O) groups is 2. The van der Waals surface area contributed by atoms with Crippen molar-refractivity contribution in [3.8, 4) is 10.7 Å². The van der Waals surface area contributed by atoms with E-state index in [2.05, 4.69) is 15.5 Å². The summed E-state index contributed by atoms with van der Waals surface area (Å²) in [5.74, 6) is -0.768. The first-order valence-corrected chi connectivity index (χ1v) is 9.43. The lowest BCUT2D eigenvalue weighted by atomic mass is 10.2. The molecule has 9 heteroatoms. The molecule has 1 aromatic carbocycles. The predicted molar refractivity (Wildman–Crippen MR) is 101 cm³/mol. The van der Waals surface area contributed by atoms with Crippen LogP contribution in [0.25, 0.3) is 10.7 Å². The number of aryl methyl sites for hydroxylation is 2. The number of hydrogen-bond donors (Lipinski definition) is 1. The number of carbonyl (C=O) groups excluding carboxylic acids is 2. The van der Waals surface area contributed by atoms with Crippen LogP contribution in [0.15, 0.2) is 40.2 Å². The lowest BCUT2D eigenvalue weighted by Gasteiger charge is -2.13. The van der Waals surface area contributed by atoms with Gasteiger partial charge in [-0.15, -0.1) is 11.3 Å². The fourth-order valence-electron chi connectivity index (χ4n) is 2.30. The van der Waals surface area contributed by atoms with Crippen LogP contribution in [0.5, 0.6) is 0 Å². The van der Waals surface area contributed by atoms with Gasteiger partial charge in [0, 0.05) is 12.1 Å². The largest absolute Gasteiger partial charge is 0.453 e. The van der Waals surface area contributed by atoms with Gasteiger partial charge in [0.05, 0.1) is 11.3 Å². The highest BCUT2D eigenvalue weighted by atomic mass is 32.1. The van der Waals surface area contributed by atoms with Gasteiger partial charge in [-0.05, 0) is 43.0 Å². The van der Waals surface area contributed by atoms with Gasteiger partial charge >= 0.3 is 5.97 Å². The maximum atomic E-state index is 13.5. The van der Waals surface area contributed by atoms with E-state index in [0.717, 1.165) is 4.88 Å². The number of rotatable bonds is 7. The fraction of sp³-hybridized carbons (Fsp3) is 0.263. The fourth-order valence-corrected chi connectivity index (χ4v) is 2.94. The van der Waals surface area contributed by atoms with E-state index in [4.69, 9.17) is 9.26 Å². The SMILES string of the molecule is Cc1ccc(NC(=O)[C@@H](C)OC(=O)CCc2nc(-c3cccs3)no2)cc1F. The molecule has 2 aromatic heterocycles. The number of halogens is 1. The smallest absolute Gasteiger partial charge is 0.307 e. The number of thiophene rings is 1. The van der Waals surface area contributed by atoms with E-state index < -0.39 is 23.8 Å². The lowest BCUT2D eigenvalue weighted by Crippen LogP contribution is -2.30. The summed E-state index contributed by atoms with van der Waals surface area (Å²) in [6, 6.07) is 8.09. The van der Waals surface area contributed by atoms with Crippen LogP contribution in [0.4, 0.5) is 10.1 Å². The standard InChI is InChI=1S/C19H18FN3O4S/c1-11-5-6-13(10-14(11)20)21-19(25)12(2)26-17(24)8-7-16-22-18(23-27-16)15-4-3-9-28-15/h3-6,9-10,12H,7-8H2,1-2H3,(H,21,25)/t12-/m1/s1. The van der Waals surface area contributed by atoms with Gasteiger partial charge in [-0.3, -0.25) is 9.59 Å². The molecule has 0 saturated carbocycles. The van der Waals surface area contributed by atoms with Crippen LogP contribution in [0.2, 0.25) is 0 Å². The third-order valence-electron chi connectivity index (χ3n) is 3.87. The first-order chi connectivity index (χ1) is 13.4. The van der Waals surface area contributed by atoms with Gasteiger partial charge in [0.15, 0.2) is 6.10 Å². The molecular formula is C19H18FN3O4S. The molecule has 0 radical (unpaired) electrons. The Kier molecular flexibility index (Phi) is 6.15. The molecule has 7 nitrogen and oxygen atoms in total. The first-order valence-electron chi connectivity index (χ1n) is 8.55. The molecule has 1 N–H and O–H groups in total. The average Bonchev–Trinajstić information content (AvgIpc) is 3.34. The van der Waals surface area contributed by atoms with Crippen LogP contribution in [0, 0.1) is 12.7 Å². The van der Waals surface area contributed by atoms with Crippen molar-refractivity contribution in [1.82, 2.24) is 10.1 Å². The Morgan fingerprint density at radius 1 is 1.36 bits per heavy atom. The molecule has 3 aromatic rings. The van der Waals surface area contributed by atoms with Crippen molar-refractivity contribution in [2.45, 2.75) is 32.8 Å². The number of amides is 1. The van der Waals surface area contributed by atoms with Crippen molar-refractivity contribution in [3.63, 3.8) is 0 Å². The Labute approximate surface area is 164 Å².